The highest BCUT2D eigenvalue weighted by Gasteiger charge is 2.31. The van der Waals surface area contributed by atoms with Crippen molar-refractivity contribution in [3.05, 3.63) is 63.7 Å². The lowest BCUT2D eigenvalue weighted by Gasteiger charge is -2.27. The number of nitrogens with one attached hydrogen (secondary N) is 1. The van der Waals surface area contributed by atoms with E-state index >= 15 is 0 Å². The Morgan fingerprint density at radius 1 is 1.25 bits per heavy atom. The number of carbonyl (C=O) groups is 1. The minimum atomic E-state index is -1.88. The van der Waals surface area contributed by atoms with Crippen LogP contribution in [0.5, 0.6) is 0 Å². The van der Waals surface area contributed by atoms with Crippen LogP contribution in [-0.4, -0.2) is 22.2 Å². The van der Waals surface area contributed by atoms with Gasteiger partial charge in [0.15, 0.2) is 11.6 Å². The summed E-state index contributed by atoms with van der Waals surface area (Å²) < 4.78 is 44.8. The molecule has 32 heavy (non-hydrogen) atoms. The van der Waals surface area contributed by atoms with Crippen LogP contribution in [0.2, 0.25) is 0 Å². The van der Waals surface area contributed by atoms with Crippen LogP contribution in [0.1, 0.15) is 6.92 Å². The van der Waals surface area contributed by atoms with Gasteiger partial charge in [0.2, 0.25) is 3.79 Å². The molecule has 1 aliphatic carbocycles. The van der Waals surface area contributed by atoms with Crippen molar-refractivity contribution in [1.82, 2.24) is 5.32 Å². The first kappa shape index (κ1) is 26.7. The summed E-state index contributed by atoms with van der Waals surface area (Å²) >= 11 is 28.9. The van der Waals surface area contributed by atoms with Crippen molar-refractivity contribution in [2.75, 3.05) is 6.61 Å². The van der Waals surface area contributed by atoms with Crippen LogP contribution in [0.15, 0.2) is 51.2 Å². The molecule has 2 atom stereocenters. The fourth-order valence-corrected chi connectivity index (χ4v) is 3.31. The quantitative estimate of drug-likeness (QED) is 0.321. The van der Waals surface area contributed by atoms with Crippen LogP contribution < -0.4 is 11.1 Å². The maximum atomic E-state index is 14.3. The molecule has 1 amide bonds. The van der Waals surface area contributed by atoms with E-state index in [0.717, 1.165) is 6.20 Å². The summed E-state index contributed by atoms with van der Waals surface area (Å²) in [6.45, 7) is 1.07. The van der Waals surface area contributed by atoms with Gasteiger partial charge in [-0.05, 0) is 6.08 Å². The predicted octanol–water partition coefficient (Wildman–Crippen LogP) is 6.58. The van der Waals surface area contributed by atoms with E-state index in [2.05, 4.69) is 10.3 Å². The van der Waals surface area contributed by atoms with Crippen molar-refractivity contribution in [3.8, 4) is 0 Å². The zero-order chi connectivity index (χ0) is 24.2. The van der Waals surface area contributed by atoms with Crippen molar-refractivity contribution in [2.45, 2.75) is 10.7 Å². The Hall–Kier alpha value is -1.58. The zero-order valence-electron chi connectivity index (χ0n) is 16.1. The summed E-state index contributed by atoms with van der Waals surface area (Å²) in [7, 11) is 0. The molecule has 1 aliphatic rings. The van der Waals surface area contributed by atoms with E-state index in [4.69, 9.17) is 68.5 Å². The number of carbonyl (C=O) groups excluding carboxylic acids is 1. The minimum absolute atomic E-state index is 0.117. The van der Waals surface area contributed by atoms with Crippen molar-refractivity contribution in [1.29, 1.82) is 0 Å². The SMILES string of the molecule is CC1C(Cl)=C(Cl)C=CC1C(=Nc1c(F)cc(F)cc1F)C(=CN)NC(=O)OCC(Cl)(Cl)Cl. The van der Waals surface area contributed by atoms with Gasteiger partial charge in [-0.25, -0.2) is 23.0 Å². The van der Waals surface area contributed by atoms with Crippen molar-refractivity contribution in [3.63, 3.8) is 0 Å². The molecule has 2 unspecified atom stereocenters. The second-order valence-electron chi connectivity index (χ2n) is 6.48. The van der Waals surface area contributed by atoms with E-state index in [1.54, 1.807) is 13.0 Å². The highest BCUT2D eigenvalue weighted by atomic mass is 35.6. The minimum Gasteiger partial charge on any atom is -0.445 e. The van der Waals surface area contributed by atoms with Crippen LogP contribution in [0.3, 0.4) is 0 Å². The fourth-order valence-electron chi connectivity index (χ4n) is 2.70. The summed E-state index contributed by atoms with van der Waals surface area (Å²) in [5.74, 6) is -4.97. The topological polar surface area (TPSA) is 76.7 Å². The Morgan fingerprint density at radius 2 is 1.84 bits per heavy atom. The number of benzene rings is 1. The Labute approximate surface area is 206 Å². The molecule has 0 heterocycles. The molecule has 0 spiro atoms. The Kier molecular flexibility index (Phi) is 9.19. The molecule has 0 fully saturated rings. The average Bonchev–Trinajstić information content (AvgIpc) is 2.69. The maximum Gasteiger partial charge on any atom is 0.411 e. The highest BCUT2D eigenvalue weighted by molar-refractivity contribution is 6.67. The molecular formula is C19H15Cl5F3N3O2. The largest absolute Gasteiger partial charge is 0.445 e. The molecule has 0 saturated carbocycles. The van der Waals surface area contributed by atoms with Gasteiger partial charge in [-0.3, -0.25) is 5.32 Å². The van der Waals surface area contributed by atoms with E-state index < -0.39 is 51.5 Å². The van der Waals surface area contributed by atoms with Gasteiger partial charge in [0.25, 0.3) is 0 Å². The summed E-state index contributed by atoms with van der Waals surface area (Å²) in [6.07, 6.45) is 2.84. The smallest absolute Gasteiger partial charge is 0.411 e. The van der Waals surface area contributed by atoms with Crippen LogP contribution in [0.4, 0.5) is 23.7 Å². The Balaban J connectivity index is 2.52. The average molecular weight is 552 g/mol. The molecule has 2 rings (SSSR count). The number of nitrogens with two attached hydrogens (primary N) is 1. The van der Waals surface area contributed by atoms with E-state index in [9.17, 15) is 18.0 Å². The summed E-state index contributed by atoms with van der Waals surface area (Å²) in [6, 6.07) is 0.913. The molecule has 0 aliphatic heterocycles. The van der Waals surface area contributed by atoms with Crippen LogP contribution in [0.25, 0.3) is 0 Å². The van der Waals surface area contributed by atoms with E-state index in [-0.39, 0.29) is 21.5 Å². The summed E-state index contributed by atoms with van der Waals surface area (Å²) in [5, 5.41) is 2.77. The standard InChI is InChI=1S/C19H15Cl5F3N3O2/c1-8-10(2-3-11(20)15(8)21)16(30-17-12(26)4-9(25)5-13(17)27)14(6-28)29-18(31)32-7-19(22,23)24/h2-6,8,10H,7,28H2,1H3,(H,29,31). The molecule has 0 saturated heterocycles. The van der Waals surface area contributed by atoms with E-state index in [0.29, 0.717) is 12.1 Å². The Morgan fingerprint density at radius 3 is 2.38 bits per heavy atom. The lowest BCUT2D eigenvalue weighted by Crippen LogP contribution is -2.35. The predicted molar refractivity (Wildman–Crippen MR) is 121 cm³/mol. The number of aliphatic imine (C=N–C) groups is 1. The highest BCUT2D eigenvalue weighted by Crippen LogP contribution is 2.37. The molecule has 3 N–H and O–H groups in total. The number of rotatable bonds is 5. The number of alkyl halides is 3. The van der Waals surface area contributed by atoms with E-state index in [1.165, 1.54) is 6.08 Å². The number of hydrogen-bond donors (Lipinski definition) is 2. The first-order valence-corrected chi connectivity index (χ1v) is 10.6. The lowest BCUT2D eigenvalue weighted by molar-refractivity contribution is 0.151. The third-order valence-electron chi connectivity index (χ3n) is 4.19. The normalized spacial score (nSPS) is 19.9. The zero-order valence-corrected chi connectivity index (χ0v) is 19.9. The molecule has 0 radical (unpaired) electrons. The van der Waals surface area contributed by atoms with Gasteiger partial charge in [0, 0.05) is 35.2 Å². The van der Waals surface area contributed by atoms with E-state index in [1.807, 2.05) is 0 Å². The van der Waals surface area contributed by atoms with Crippen LogP contribution in [-0.2, 0) is 4.74 Å². The number of amides is 1. The van der Waals surface area contributed by atoms with Crippen molar-refractivity contribution < 1.29 is 22.7 Å². The second-order valence-corrected chi connectivity index (χ2v) is 9.81. The molecule has 0 bridgehead atoms. The lowest BCUT2D eigenvalue weighted by atomic mass is 9.84. The van der Waals surface area contributed by atoms with Gasteiger partial charge in [0.05, 0.1) is 16.4 Å². The number of hydrogen-bond acceptors (Lipinski definition) is 4. The maximum absolute atomic E-state index is 14.3. The van der Waals surface area contributed by atoms with Crippen molar-refractivity contribution >= 4 is 75.5 Å². The monoisotopic (exact) mass is 549 g/mol. The molecular weight excluding hydrogens is 536 g/mol. The number of nitrogens with zero attached hydrogens (tertiary/aromatic N) is 1. The molecule has 5 nitrogen and oxygen atoms in total. The number of ether oxygens (including phenoxy) is 1. The van der Waals surface area contributed by atoms with Crippen LogP contribution in [0, 0.1) is 29.3 Å². The molecule has 1 aromatic rings. The number of allylic oxidation sites excluding steroid dienone is 5. The number of halogens is 8. The molecule has 174 valence electrons. The Bertz CT molecular complexity index is 999. The van der Waals surface area contributed by atoms with Crippen molar-refractivity contribution in [2.24, 2.45) is 22.6 Å². The third-order valence-corrected chi connectivity index (χ3v) is 5.49. The summed E-state index contributed by atoms with van der Waals surface area (Å²) in [5.41, 5.74) is 4.52. The second kappa shape index (κ2) is 11.0. The van der Waals surface area contributed by atoms with Gasteiger partial charge >= 0.3 is 6.09 Å². The molecule has 1 aromatic carbocycles. The summed E-state index contributed by atoms with van der Waals surface area (Å²) in [4.78, 5) is 16.1. The first-order valence-electron chi connectivity index (χ1n) is 8.73. The van der Waals surface area contributed by atoms with Gasteiger partial charge in [-0.2, -0.15) is 0 Å². The van der Waals surface area contributed by atoms with Gasteiger partial charge in [0.1, 0.15) is 18.1 Å². The van der Waals surface area contributed by atoms with Crippen LogP contribution >= 0.6 is 58.0 Å². The molecule has 13 heteroatoms. The molecule has 0 aromatic heterocycles. The van der Waals surface area contributed by atoms with Gasteiger partial charge in [-0.15, -0.1) is 0 Å². The fraction of sp³-hybridized carbons (Fsp3) is 0.263. The van der Waals surface area contributed by atoms with Gasteiger partial charge < -0.3 is 10.5 Å². The first-order chi connectivity index (χ1) is 14.8. The van der Waals surface area contributed by atoms with Gasteiger partial charge in [-0.1, -0.05) is 71.0 Å². The third kappa shape index (κ3) is 6.96. The number of alkyl carbamates (subject to hydrolysis) is 1.